The van der Waals surface area contributed by atoms with E-state index in [9.17, 15) is 0 Å². The summed E-state index contributed by atoms with van der Waals surface area (Å²) in [6.45, 7) is 5.36. The van der Waals surface area contributed by atoms with Crippen molar-refractivity contribution in [2.75, 3.05) is 25.1 Å². The second kappa shape index (κ2) is 6.04. The van der Waals surface area contributed by atoms with Gasteiger partial charge in [-0.15, -0.1) is 0 Å². The second-order valence-corrected chi connectivity index (χ2v) is 6.36. The lowest BCUT2D eigenvalue weighted by molar-refractivity contribution is 0.232. The molecule has 0 radical (unpaired) electrons. The zero-order valence-electron chi connectivity index (χ0n) is 11.4. The van der Waals surface area contributed by atoms with E-state index in [4.69, 9.17) is 5.73 Å². The van der Waals surface area contributed by atoms with E-state index in [1.165, 1.54) is 5.75 Å². The fourth-order valence-corrected chi connectivity index (χ4v) is 3.68. The summed E-state index contributed by atoms with van der Waals surface area (Å²) in [5.41, 5.74) is 6.36. The van der Waals surface area contributed by atoms with Crippen LogP contribution in [-0.2, 0) is 6.42 Å². The highest BCUT2D eigenvalue weighted by atomic mass is 32.2. The number of nitrogens with two attached hydrogens (primary N) is 1. The number of hydrogen-bond acceptors (Lipinski definition) is 5. The van der Waals surface area contributed by atoms with E-state index >= 15 is 0 Å². The highest BCUT2D eigenvalue weighted by molar-refractivity contribution is 7.99. The molecule has 18 heavy (non-hydrogen) atoms. The molecular weight excluding hydrogens is 246 g/mol. The third kappa shape index (κ3) is 3.05. The van der Waals surface area contributed by atoms with Crippen LogP contribution in [0.4, 0.5) is 0 Å². The summed E-state index contributed by atoms with van der Waals surface area (Å²) in [7, 11) is 2.16. The molecule has 102 valence electrons. The Morgan fingerprint density at radius 3 is 3.00 bits per heavy atom. The van der Waals surface area contributed by atoms with Crippen LogP contribution < -0.4 is 5.73 Å². The number of aromatic nitrogens is 3. The topological polar surface area (TPSA) is 60.0 Å². The summed E-state index contributed by atoms with van der Waals surface area (Å²) in [5, 5.41) is 4.26. The molecule has 6 heteroatoms. The van der Waals surface area contributed by atoms with Crippen LogP contribution in [0.15, 0.2) is 6.33 Å². The first-order valence-corrected chi connectivity index (χ1v) is 7.67. The zero-order valence-corrected chi connectivity index (χ0v) is 12.2. The average Bonchev–Trinajstić information content (AvgIpc) is 2.77. The molecule has 2 rings (SSSR count). The molecule has 0 saturated carbocycles. The molecular formula is C12H23N5S. The first-order chi connectivity index (χ1) is 8.59. The van der Waals surface area contributed by atoms with Crippen molar-refractivity contribution in [3.8, 4) is 0 Å². The Labute approximate surface area is 113 Å². The highest BCUT2D eigenvalue weighted by Gasteiger charge is 2.26. The van der Waals surface area contributed by atoms with Gasteiger partial charge in [0.2, 0.25) is 0 Å². The molecule has 2 unspecified atom stereocenters. The number of rotatable bonds is 4. The van der Waals surface area contributed by atoms with Gasteiger partial charge < -0.3 is 10.6 Å². The standard InChI is InChI=1S/C12H23N5S/c1-9(2)17-12(14-8-15-17)6-10(13)11-7-18-5-4-16(11)3/h8-11H,4-7,13H2,1-3H3. The molecule has 1 saturated heterocycles. The van der Waals surface area contributed by atoms with Gasteiger partial charge in [-0.05, 0) is 20.9 Å². The third-order valence-electron chi connectivity index (χ3n) is 3.49. The molecule has 0 aliphatic carbocycles. The minimum atomic E-state index is 0.129. The molecule has 2 atom stereocenters. The van der Waals surface area contributed by atoms with Gasteiger partial charge in [-0.3, -0.25) is 0 Å². The van der Waals surface area contributed by atoms with Gasteiger partial charge in [0.1, 0.15) is 12.2 Å². The minimum absolute atomic E-state index is 0.129. The maximum Gasteiger partial charge on any atom is 0.138 e. The van der Waals surface area contributed by atoms with Crippen molar-refractivity contribution >= 4 is 11.8 Å². The molecule has 1 aromatic rings. The van der Waals surface area contributed by atoms with Crippen molar-refractivity contribution in [1.29, 1.82) is 0 Å². The maximum atomic E-state index is 6.36. The summed E-state index contributed by atoms with van der Waals surface area (Å²) in [6, 6.07) is 0.915. The van der Waals surface area contributed by atoms with E-state index in [1.54, 1.807) is 6.33 Å². The highest BCUT2D eigenvalue weighted by Crippen LogP contribution is 2.18. The van der Waals surface area contributed by atoms with E-state index in [0.717, 1.165) is 24.5 Å². The van der Waals surface area contributed by atoms with Gasteiger partial charge in [0.25, 0.3) is 0 Å². The van der Waals surface area contributed by atoms with Gasteiger partial charge in [-0.25, -0.2) is 9.67 Å². The number of likely N-dealkylation sites (N-methyl/N-ethyl adjacent to an activating group) is 1. The Morgan fingerprint density at radius 2 is 2.33 bits per heavy atom. The van der Waals surface area contributed by atoms with Crippen molar-refractivity contribution in [2.45, 2.75) is 38.4 Å². The Balaban J connectivity index is 2.01. The van der Waals surface area contributed by atoms with Gasteiger partial charge in [-0.1, -0.05) is 0 Å². The zero-order chi connectivity index (χ0) is 13.1. The molecule has 0 amide bonds. The number of nitrogens with zero attached hydrogens (tertiary/aromatic N) is 4. The summed E-state index contributed by atoms with van der Waals surface area (Å²) in [4.78, 5) is 6.72. The van der Waals surface area contributed by atoms with Crippen LogP contribution in [0, 0.1) is 0 Å². The molecule has 1 aliphatic heterocycles. The van der Waals surface area contributed by atoms with E-state index < -0.39 is 0 Å². The van der Waals surface area contributed by atoms with Crippen molar-refractivity contribution in [1.82, 2.24) is 19.7 Å². The van der Waals surface area contributed by atoms with Crippen LogP contribution in [0.1, 0.15) is 25.7 Å². The SMILES string of the molecule is CC(C)n1ncnc1CC(N)C1CSCCN1C. The van der Waals surface area contributed by atoms with E-state index in [-0.39, 0.29) is 6.04 Å². The number of thioether (sulfide) groups is 1. The predicted molar refractivity (Wildman–Crippen MR) is 75.8 cm³/mol. The van der Waals surface area contributed by atoms with Crippen molar-refractivity contribution in [3.05, 3.63) is 12.2 Å². The van der Waals surface area contributed by atoms with Crippen molar-refractivity contribution < 1.29 is 0 Å². The normalized spacial score (nSPS) is 23.5. The summed E-state index contributed by atoms with van der Waals surface area (Å²) in [6.07, 6.45) is 2.43. The Hall–Kier alpha value is -0.590. The van der Waals surface area contributed by atoms with Crippen LogP contribution in [0.25, 0.3) is 0 Å². The van der Waals surface area contributed by atoms with E-state index in [2.05, 4.69) is 35.9 Å². The summed E-state index contributed by atoms with van der Waals surface area (Å²) in [5.74, 6) is 3.33. The quantitative estimate of drug-likeness (QED) is 0.875. The molecule has 2 heterocycles. The molecule has 0 bridgehead atoms. The first-order valence-electron chi connectivity index (χ1n) is 6.51. The number of hydrogen-bond donors (Lipinski definition) is 1. The minimum Gasteiger partial charge on any atom is -0.326 e. The second-order valence-electron chi connectivity index (χ2n) is 5.21. The predicted octanol–water partition coefficient (Wildman–Crippen LogP) is 0.776. The Kier molecular flexibility index (Phi) is 4.64. The van der Waals surface area contributed by atoms with Gasteiger partial charge in [0.05, 0.1) is 0 Å². The van der Waals surface area contributed by atoms with Gasteiger partial charge in [0.15, 0.2) is 0 Å². The van der Waals surface area contributed by atoms with E-state index in [0.29, 0.717) is 12.1 Å². The lowest BCUT2D eigenvalue weighted by Crippen LogP contribution is -2.51. The lowest BCUT2D eigenvalue weighted by Gasteiger charge is -2.36. The van der Waals surface area contributed by atoms with Crippen LogP contribution >= 0.6 is 11.8 Å². The van der Waals surface area contributed by atoms with Crippen LogP contribution in [0.3, 0.4) is 0 Å². The lowest BCUT2D eigenvalue weighted by atomic mass is 10.1. The molecule has 1 aliphatic rings. The largest absolute Gasteiger partial charge is 0.326 e. The fourth-order valence-electron chi connectivity index (χ4n) is 2.35. The van der Waals surface area contributed by atoms with Crippen LogP contribution in [0.2, 0.25) is 0 Å². The summed E-state index contributed by atoms with van der Waals surface area (Å²) >= 11 is 1.99. The first kappa shape index (κ1) is 13.8. The van der Waals surface area contributed by atoms with Crippen LogP contribution in [-0.4, -0.2) is 56.8 Å². The smallest absolute Gasteiger partial charge is 0.138 e. The van der Waals surface area contributed by atoms with Gasteiger partial charge >= 0.3 is 0 Å². The van der Waals surface area contributed by atoms with Crippen molar-refractivity contribution in [2.24, 2.45) is 5.73 Å². The molecule has 5 nitrogen and oxygen atoms in total. The van der Waals surface area contributed by atoms with Gasteiger partial charge in [0, 0.05) is 42.6 Å². The molecule has 0 aromatic carbocycles. The Bertz CT molecular complexity index is 378. The fraction of sp³-hybridized carbons (Fsp3) is 0.833. The molecule has 1 fully saturated rings. The maximum absolute atomic E-state index is 6.36. The molecule has 0 spiro atoms. The third-order valence-corrected chi connectivity index (χ3v) is 4.54. The summed E-state index contributed by atoms with van der Waals surface area (Å²) < 4.78 is 1.97. The average molecular weight is 269 g/mol. The van der Waals surface area contributed by atoms with Crippen molar-refractivity contribution in [3.63, 3.8) is 0 Å². The van der Waals surface area contributed by atoms with Gasteiger partial charge in [-0.2, -0.15) is 16.9 Å². The van der Waals surface area contributed by atoms with E-state index in [1.807, 2.05) is 16.4 Å². The molecule has 1 aromatic heterocycles. The Morgan fingerprint density at radius 1 is 1.56 bits per heavy atom. The van der Waals surface area contributed by atoms with Crippen LogP contribution in [0.5, 0.6) is 0 Å². The molecule has 2 N–H and O–H groups in total. The monoisotopic (exact) mass is 269 g/mol.